The van der Waals surface area contributed by atoms with E-state index in [0.717, 1.165) is 49.9 Å². The minimum atomic E-state index is -3.07. The van der Waals surface area contributed by atoms with Crippen LogP contribution in [0, 0.1) is 5.82 Å². The summed E-state index contributed by atoms with van der Waals surface area (Å²) in [5.41, 5.74) is 5.14. The van der Waals surface area contributed by atoms with E-state index < -0.39 is 15.4 Å². The van der Waals surface area contributed by atoms with Crippen LogP contribution >= 0.6 is 0 Å². The van der Waals surface area contributed by atoms with Gasteiger partial charge in [-0.15, -0.1) is 0 Å². The molecule has 1 saturated heterocycles. The molecule has 248 valence electrons. The Balaban J connectivity index is 1.10. The van der Waals surface area contributed by atoms with Crippen LogP contribution in [-0.2, 0) is 29.3 Å². The van der Waals surface area contributed by atoms with Gasteiger partial charge in [-0.05, 0) is 84.5 Å². The number of nitrogens with one attached hydrogen (secondary N) is 2. The lowest BCUT2D eigenvalue weighted by molar-refractivity contribution is 0.0303. The third kappa shape index (κ3) is 6.95. The number of aromatic nitrogens is 5. The Morgan fingerprint density at radius 2 is 1.81 bits per heavy atom. The molecule has 0 aliphatic carbocycles. The molecule has 1 aliphatic heterocycles. The summed E-state index contributed by atoms with van der Waals surface area (Å²) in [4.78, 5) is 9.01. The molecule has 0 saturated carbocycles. The Hall–Kier alpha value is -4.69. The van der Waals surface area contributed by atoms with Crippen molar-refractivity contribution in [3.8, 4) is 5.69 Å². The summed E-state index contributed by atoms with van der Waals surface area (Å²) in [5, 5.41) is 33.6. The number of halogens is 1. The number of hydrogen-bond acceptors (Lipinski definition) is 9. The van der Waals surface area contributed by atoms with Crippen LogP contribution < -0.4 is 10.6 Å². The number of benzene rings is 3. The molecular formula is C35H36FN7O4S. The number of aliphatic hydroxyl groups excluding tert-OH is 1. The number of hydrogen-bond donors (Lipinski definition) is 4. The Labute approximate surface area is 277 Å². The highest BCUT2D eigenvalue weighted by molar-refractivity contribution is 7.91. The molecule has 0 bridgehead atoms. The second-order valence-electron chi connectivity index (χ2n) is 12.4. The molecule has 7 rings (SSSR count). The zero-order valence-electron chi connectivity index (χ0n) is 26.2. The normalized spacial score (nSPS) is 15.6. The van der Waals surface area contributed by atoms with Crippen LogP contribution in [0.2, 0.25) is 0 Å². The molecule has 0 unspecified atom stereocenters. The highest BCUT2D eigenvalue weighted by Crippen LogP contribution is 2.29. The fraction of sp³-hybridized carbons (Fsp3) is 0.286. The molecule has 11 nitrogen and oxygen atoms in total. The molecule has 0 spiro atoms. The highest BCUT2D eigenvalue weighted by atomic mass is 32.2. The van der Waals surface area contributed by atoms with E-state index >= 15 is 0 Å². The molecule has 13 heteroatoms. The summed E-state index contributed by atoms with van der Waals surface area (Å²) in [6.07, 6.45) is 8.21. The summed E-state index contributed by atoms with van der Waals surface area (Å²) in [7, 11) is -3.07. The summed E-state index contributed by atoms with van der Waals surface area (Å²) in [5.74, 6) is 0.360. The Morgan fingerprint density at radius 1 is 0.979 bits per heavy atom. The average Bonchev–Trinajstić information content (AvgIpc) is 3.66. The van der Waals surface area contributed by atoms with E-state index in [1.165, 1.54) is 18.5 Å². The molecule has 48 heavy (non-hydrogen) atoms. The van der Waals surface area contributed by atoms with E-state index in [1.807, 2.05) is 64.1 Å². The van der Waals surface area contributed by atoms with E-state index in [-0.39, 0.29) is 43.3 Å². The van der Waals surface area contributed by atoms with Crippen LogP contribution in [-0.4, -0.2) is 73.2 Å². The van der Waals surface area contributed by atoms with Gasteiger partial charge in [0.05, 0.1) is 40.9 Å². The second kappa shape index (κ2) is 13.1. The third-order valence-electron chi connectivity index (χ3n) is 8.95. The molecule has 1 fully saturated rings. The van der Waals surface area contributed by atoms with E-state index in [1.54, 1.807) is 12.3 Å². The van der Waals surface area contributed by atoms with Crippen molar-refractivity contribution in [1.29, 1.82) is 0 Å². The first-order valence-corrected chi connectivity index (χ1v) is 17.7. The van der Waals surface area contributed by atoms with Crippen molar-refractivity contribution in [1.82, 2.24) is 29.6 Å². The molecule has 3 aromatic carbocycles. The predicted octanol–water partition coefficient (Wildman–Crippen LogP) is 4.27. The molecule has 6 aromatic rings. The third-order valence-corrected chi connectivity index (χ3v) is 10.6. The summed E-state index contributed by atoms with van der Waals surface area (Å²) in [6, 6.07) is 18.4. The number of sulfone groups is 1. The number of anilines is 2. The Bertz CT molecular complexity index is 2200. The van der Waals surface area contributed by atoms with Gasteiger partial charge in [0, 0.05) is 54.2 Å². The van der Waals surface area contributed by atoms with Crippen molar-refractivity contribution >= 4 is 43.1 Å². The summed E-state index contributed by atoms with van der Waals surface area (Å²) < 4.78 is 41.2. The summed E-state index contributed by atoms with van der Waals surface area (Å²) in [6.45, 7) is 1.20. The topological polar surface area (TPSA) is 147 Å². The van der Waals surface area contributed by atoms with Gasteiger partial charge in [0.1, 0.15) is 18.0 Å². The van der Waals surface area contributed by atoms with Gasteiger partial charge in [-0.2, -0.15) is 5.10 Å². The fourth-order valence-electron chi connectivity index (χ4n) is 6.26. The minimum absolute atomic E-state index is 0.00279. The molecule has 0 atom stereocenters. The van der Waals surface area contributed by atoms with Crippen molar-refractivity contribution in [2.75, 3.05) is 30.0 Å². The Kier molecular flexibility index (Phi) is 8.69. The van der Waals surface area contributed by atoms with Gasteiger partial charge in [-0.3, -0.25) is 4.68 Å². The number of rotatable bonds is 11. The minimum Gasteiger partial charge on any atom is -0.396 e. The lowest BCUT2D eigenvalue weighted by Crippen LogP contribution is -2.46. The van der Waals surface area contributed by atoms with Crippen LogP contribution in [0.4, 0.5) is 15.9 Å². The molecular weight excluding hydrogens is 633 g/mol. The SMILES string of the molecule is O=S1(=O)CCC(O)(CNCc2cn(-c3ccc4ncnc(Nc5ccc6c(cnn6Cc6cccc(F)c6)c5)c4c3)cc2CCO)CC1. The van der Waals surface area contributed by atoms with Gasteiger partial charge >= 0.3 is 0 Å². The lowest BCUT2D eigenvalue weighted by Gasteiger charge is -2.32. The second-order valence-corrected chi connectivity index (χ2v) is 14.7. The zero-order valence-corrected chi connectivity index (χ0v) is 27.0. The first-order valence-electron chi connectivity index (χ1n) is 15.8. The fourth-order valence-corrected chi connectivity index (χ4v) is 7.84. The van der Waals surface area contributed by atoms with Crippen molar-refractivity contribution in [3.63, 3.8) is 0 Å². The largest absolute Gasteiger partial charge is 0.396 e. The summed E-state index contributed by atoms with van der Waals surface area (Å²) >= 11 is 0. The quantitative estimate of drug-likeness (QED) is 0.159. The molecule has 4 N–H and O–H groups in total. The first-order chi connectivity index (χ1) is 23.2. The standard InChI is InChI=1S/C35H36FN7O4S/c36-28-3-1-2-24(14-28)19-43-33-7-4-29(15-26(33)18-40-43)41-34-31-16-30(5-6-32(31)38-23-39-34)42-20-25(8-11-44)27(21-42)17-37-22-35(45)9-12-48(46,47)13-10-35/h1-7,14-16,18,20-21,23,37,44-45H,8-13,17,19,22H2,(H,38,39,41). The highest BCUT2D eigenvalue weighted by Gasteiger charge is 2.35. The number of fused-ring (bicyclic) bond motifs is 2. The smallest absolute Gasteiger partial charge is 0.150 e. The molecule has 1 aliphatic rings. The van der Waals surface area contributed by atoms with Gasteiger partial charge in [0.2, 0.25) is 0 Å². The maximum absolute atomic E-state index is 13.7. The van der Waals surface area contributed by atoms with Gasteiger partial charge in [0.25, 0.3) is 0 Å². The van der Waals surface area contributed by atoms with Crippen molar-refractivity contribution < 1.29 is 23.0 Å². The van der Waals surface area contributed by atoms with E-state index in [2.05, 4.69) is 25.7 Å². The molecule has 3 aromatic heterocycles. The van der Waals surface area contributed by atoms with Crippen LogP contribution in [0.25, 0.3) is 27.5 Å². The Morgan fingerprint density at radius 3 is 2.62 bits per heavy atom. The van der Waals surface area contributed by atoms with Gasteiger partial charge < -0.3 is 25.4 Å². The van der Waals surface area contributed by atoms with Crippen LogP contribution in [0.5, 0.6) is 0 Å². The number of aliphatic hydroxyl groups is 2. The van der Waals surface area contributed by atoms with Gasteiger partial charge in [-0.1, -0.05) is 12.1 Å². The van der Waals surface area contributed by atoms with Crippen LogP contribution in [0.15, 0.2) is 85.6 Å². The van der Waals surface area contributed by atoms with Crippen molar-refractivity contribution in [3.05, 3.63) is 108 Å². The molecule has 4 heterocycles. The van der Waals surface area contributed by atoms with Crippen LogP contribution in [0.3, 0.4) is 0 Å². The average molecular weight is 670 g/mol. The zero-order chi connectivity index (χ0) is 33.3. The van der Waals surface area contributed by atoms with E-state index in [4.69, 9.17) is 0 Å². The maximum Gasteiger partial charge on any atom is 0.150 e. The number of nitrogens with zero attached hydrogens (tertiary/aromatic N) is 5. The van der Waals surface area contributed by atoms with Gasteiger partial charge in [-0.25, -0.2) is 22.8 Å². The van der Waals surface area contributed by atoms with E-state index in [0.29, 0.717) is 25.3 Å². The molecule has 0 amide bonds. The van der Waals surface area contributed by atoms with Crippen molar-refractivity contribution in [2.45, 2.75) is 38.0 Å². The van der Waals surface area contributed by atoms with Crippen molar-refractivity contribution in [2.24, 2.45) is 0 Å². The first kappa shape index (κ1) is 31.9. The monoisotopic (exact) mass is 669 g/mol. The van der Waals surface area contributed by atoms with Crippen LogP contribution in [0.1, 0.15) is 29.5 Å². The van der Waals surface area contributed by atoms with E-state index in [9.17, 15) is 23.0 Å². The molecule has 0 radical (unpaired) electrons. The van der Waals surface area contributed by atoms with Gasteiger partial charge in [0.15, 0.2) is 9.84 Å². The predicted molar refractivity (Wildman–Crippen MR) is 183 cm³/mol. The lowest BCUT2D eigenvalue weighted by atomic mass is 9.97. The maximum atomic E-state index is 13.7.